The quantitative estimate of drug-likeness (QED) is 0.854. The van der Waals surface area contributed by atoms with E-state index in [1.54, 1.807) is 14.0 Å². The molecular formula is C21H27NO3. The zero-order valence-electron chi connectivity index (χ0n) is 15.8. The summed E-state index contributed by atoms with van der Waals surface area (Å²) in [5, 5.41) is 3.00. The number of hydrogen-bond donors (Lipinski definition) is 1. The SMILES string of the molecule is COc1ccc([C@H](C)NC(=O)[C@H](C)Oc2cc(C)cc(C)c2C)cc1. The van der Waals surface area contributed by atoms with Crippen LogP contribution < -0.4 is 14.8 Å². The lowest BCUT2D eigenvalue weighted by Crippen LogP contribution is -2.37. The molecule has 4 nitrogen and oxygen atoms in total. The van der Waals surface area contributed by atoms with Gasteiger partial charge in [-0.05, 0) is 75.1 Å². The molecule has 2 atom stereocenters. The van der Waals surface area contributed by atoms with E-state index in [1.807, 2.05) is 58.0 Å². The van der Waals surface area contributed by atoms with Crippen LogP contribution >= 0.6 is 0 Å². The minimum atomic E-state index is -0.569. The molecule has 0 fully saturated rings. The van der Waals surface area contributed by atoms with Gasteiger partial charge in [0.15, 0.2) is 6.10 Å². The van der Waals surface area contributed by atoms with Crippen molar-refractivity contribution in [2.45, 2.75) is 46.8 Å². The van der Waals surface area contributed by atoms with Crippen LogP contribution in [0.4, 0.5) is 0 Å². The fraction of sp³-hybridized carbons (Fsp3) is 0.381. The molecule has 2 aromatic rings. The van der Waals surface area contributed by atoms with Gasteiger partial charge in [0, 0.05) is 0 Å². The second kappa shape index (κ2) is 8.06. The van der Waals surface area contributed by atoms with Crippen LogP contribution in [-0.2, 0) is 4.79 Å². The summed E-state index contributed by atoms with van der Waals surface area (Å²) in [5.74, 6) is 1.42. The first-order valence-electron chi connectivity index (χ1n) is 8.50. The minimum Gasteiger partial charge on any atom is -0.497 e. The van der Waals surface area contributed by atoms with Gasteiger partial charge in [-0.2, -0.15) is 0 Å². The summed E-state index contributed by atoms with van der Waals surface area (Å²) in [6.45, 7) is 9.80. The Labute approximate surface area is 150 Å². The maximum absolute atomic E-state index is 12.5. The highest BCUT2D eigenvalue weighted by atomic mass is 16.5. The molecule has 0 aliphatic carbocycles. The third-order valence-corrected chi connectivity index (χ3v) is 4.41. The summed E-state index contributed by atoms with van der Waals surface area (Å²) >= 11 is 0. The average Bonchev–Trinajstić information content (AvgIpc) is 2.59. The first-order valence-corrected chi connectivity index (χ1v) is 8.50. The molecule has 4 heteroatoms. The summed E-state index contributed by atoms with van der Waals surface area (Å²) in [6, 6.07) is 11.6. The van der Waals surface area contributed by atoms with E-state index in [4.69, 9.17) is 9.47 Å². The summed E-state index contributed by atoms with van der Waals surface area (Å²) in [4.78, 5) is 12.5. The molecule has 1 amide bonds. The fourth-order valence-electron chi connectivity index (χ4n) is 2.67. The van der Waals surface area contributed by atoms with Crippen LogP contribution in [0.3, 0.4) is 0 Å². The molecule has 0 heterocycles. The van der Waals surface area contributed by atoms with Gasteiger partial charge in [0.05, 0.1) is 13.2 Å². The molecule has 0 bridgehead atoms. The van der Waals surface area contributed by atoms with E-state index in [2.05, 4.69) is 11.4 Å². The van der Waals surface area contributed by atoms with Crippen LogP contribution in [0.15, 0.2) is 36.4 Å². The Morgan fingerprint density at radius 1 is 1.04 bits per heavy atom. The maximum atomic E-state index is 12.5. The number of carbonyl (C=O) groups is 1. The highest BCUT2D eigenvalue weighted by Crippen LogP contribution is 2.24. The Morgan fingerprint density at radius 3 is 2.28 bits per heavy atom. The van der Waals surface area contributed by atoms with Gasteiger partial charge in [-0.3, -0.25) is 4.79 Å². The number of amides is 1. The van der Waals surface area contributed by atoms with Gasteiger partial charge in [-0.1, -0.05) is 18.2 Å². The standard InChI is InChI=1S/C21H27NO3/c1-13-11-14(2)15(3)20(12-13)25-17(5)21(23)22-16(4)18-7-9-19(24-6)10-8-18/h7-12,16-17H,1-6H3,(H,22,23)/t16-,17-/m0/s1. The van der Waals surface area contributed by atoms with Crippen LogP contribution in [-0.4, -0.2) is 19.1 Å². The van der Waals surface area contributed by atoms with Crippen LogP contribution in [0.2, 0.25) is 0 Å². The number of ether oxygens (including phenoxy) is 2. The summed E-state index contributed by atoms with van der Waals surface area (Å²) < 4.78 is 11.1. The highest BCUT2D eigenvalue weighted by molar-refractivity contribution is 5.81. The Balaban J connectivity index is 2.02. The smallest absolute Gasteiger partial charge is 0.261 e. The first-order chi connectivity index (χ1) is 11.8. The van der Waals surface area contributed by atoms with Crippen LogP contribution in [0.5, 0.6) is 11.5 Å². The van der Waals surface area contributed by atoms with E-state index in [0.717, 1.165) is 33.8 Å². The molecule has 2 aromatic carbocycles. The Kier molecular flexibility index (Phi) is 6.07. The van der Waals surface area contributed by atoms with E-state index in [-0.39, 0.29) is 11.9 Å². The number of hydrogen-bond acceptors (Lipinski definition) is 3. The second-order valence-corrected chi connectivity index (χ2v) is 6.47. The summed E-state index contributed by atoms with van der Waals surface area (Å²) in [7, 11) is 1.63. The molecule has 0 saturated heterocycles. The second-order valence-electron chi connectivity index (χ2n) is 6.47. The molecule has 0 aromatic heterocycles. The van der Waals surface area contributed by atoms with E-state index in [9.17, 15) is 4.79 Å². The van der Waals surface area contributed by atoms with Crippen molar-refractivity contribution >= 4 is 5.91 Å². The van der Waals surface area contributed by atoms with Crippen molar-refractivity contribution in [3.05, 3.63) is 58.7 Å². The van der Waals surface area contributed by atoms with E-state index < -0.39 is 6.10 Å². The molecular weight excluding hydrogens is 314 g/mol. The zero-order valence-corrected chi connectivity index (χ0v) is 15.8. The molecule has 0 spiro atoms. The van der Waals surface area contributed by atoms with Crippen molar-refractivity contribution in [1.82, 2.24) is 5.32 Å². The number of benzene rings is 2. The number of carbonyl (C=O) groups excluding carboxylic acids is 1. The normalized spacial score (nSPS) is 13.0. The number of nitrogens with one attached hydrogen (secondary N) is 1. The Hall–Kier alpha value is -2.49. The number of rotatable bonds is 6. The third kappa shape index (κ3) is 4.75. The summed E-state index contributed by atoms with van der Waals surface area (Å²) in [5.41, 5.74) is 4.36. The van der Waals surface area contributed by atoms with Crippen molar-refractivity contribution in [2.75, 3.05) is 7.11 Å². The predicted octanol–water partition coefficient (Wildman–Crippen LogP) is 4.27. The van der Waals surface area contributed by atoms with Gasteiger partial charge < -0.3 is 14.8 Å². The van der Waals surface area contributed by atoms with Gasteiger partial charge in [-0.25, -0.2) is 0 Å². The maximum Gasteiger partial charge on any atom is 0.261 e. The van der Waals surface area contributed by atoms with Crippen LogP contribution in [0.1, 0.15) is 42.1 Å². The van der Waals surface area contributed by atoms with E-state index in [1.165, 1.54) is 0 Å². The largest absolute Gasteiger partial charge is 0.497 e. The van der Waals surface area contributed by atoms with E-state index >= 15 is 0 Å². The molecule has 1 N–H and O–H groups in total. The molecule has 0 saturated carbocycles. The molecule has 0 radical (unpaired) electrons. The minimum absolute atomic E-state index is 0.107. The van der Waals surface area contributed by atoms with Crippen molar-refractivity contribution in [1.29, 1.82) is 0 Å². The van der Waals surface area contributed by atoms with Gasteiger partial charge in [-0.15, -0.1) is 0 Å². The van der Waals surface area contributed by atoms with Crippen molar-refractivity contribution in [2.24, 2.45) is 0 Å². The van der Waals surface area contributed by atoms with Crippen molar-refractivity contribution in [3.8, 4) is 11.5 Å². The van der Waals surface area contributed by atoms with Crippen molar-refractivity contribution < 1.29 is 14.3 Å². The molecule has 134 valence electrons. The third-order valence-electron chi connectivity index (χ3n) is 4.41. The molecule has 0 unspecified atom stereocenters. The number of aryl methyl sites for hydroxylation is 2. The van der Waals surface area contributed by atoms with Crippen LogP contribution in [0, 0.1) is 20.8 Å². The van der Waals surface area contributed by atoms with E-state index in [0.29, 0.717) is 0 Å². The average molecular weight is 341 g/mol. The summed E-state index contributed by atoms with van der Waals surface area (Å²) in [6.07, 6.45) is -0.569. The molecule has 25 heavy (non-hydrogen) atoms. The first kappa shape index (κ1) is 18.8. The van der Waals surface area contributed by atoms with Crippen molar-refractivity contribution in [3.63, 3.8) is 0 Å². The van der Waals surface area contributed by atoms with Gasteiger partial charge >= 0.3 is 0 Å². The van der Waals surface area contributed by atoms with Crippen LogP contribution in [0.25, 0.3) is 0 Å². The lowest BCUT2D eigenvalue weighted by Gasteiger charge is -2.21. The predicted molar refractivity (Wildman–Crippen MR) is 100 cm³/mol. The highest BCUT2D eigenvalue weighted by Gasteiger charge is 2.19. The van der Waals surface area contributed by atoms with Gasteiger partial charge in [0.1, 0.15) is 11.5 Å². The van der Waals surface area contributed by atoms with Gasteiger partial charge in [0.2, 0.25) is 0 Å². The Morgan fingerprint density at radius 2 is 1.68 bits per heavy atom. The number of methoxy groups -OCH3 is 1. The molecule has 0 aliphatic heterocycles. The molecule has 2 rings (SSSR count). The topological polar surface area (TPSA) is 47.6 Å². The van der Waals surface area contributed by atoms with Gasteiger partial charge in [0.25, 0.3) is 5.91 Å². The fourth-order valence-corrected chi connectivity index (χ4v) is 2.67. The molecule has 0 aliphatic rings. The zero-order chi connectivity index (χ0) is 18.6. The lowest BCUT2D eigenvalue weighted by molar-refractivity contribution is -0.127. The lowest BCUT2D eigenvalue weighted by atomic mass is 10.1. The monoisotopic (exact) mass is 341 g/mol. The Bertz CT molecular complexity index is 738.